The first-order valence-corrected chi connectivity index (χ1v) is 8.37. The SMILES string of the molecule is O=C1Nc2ccccc2S(=O)(=O)N1Cc1cnoc1C1CC1. The van der Waals surface area contributed by atoms with Crippen LogP contribution in [0.1, 0.15) is 30.1 Å². The summed E-state index contributed by atoms with van der Waals surface area (Å²) in [5.74, 6) is 0.974. The van der Waals surface area contributed by atoms with E-state index in [4.69, 9.17) is 4.52 Å². The van der Waals surface area contributed by atoms with E-state index in [-0.39, 0.29) is 11.4 Å². The summed E-state index contributed by atoms with van der Waals surface area (Å²) in [7, 11) is -3.88. The molecule has 1 aromatic heterocycles. The summed E-state index contributed by atoms with van der Waals surface area (Å²) in [6.45, 7) is -0.0716. The van der Waals surface area contributed by atoms with Crippen LogP contribution in [-0.2, 0) is 16.6 Å². The molecule has 22 heavy (non-hydrogen) atoms. The minimum Gasteiger partial charge on any atom is -0.361 e. The Balaban J connectivity index is 1.72. The van der Waals surface area contributed by atoms with Gasteiger partial charge in [-0.3, -0.25) is 0 Å². The van der Waals surface area contributed by atoms with Gasteiger partial charge in [-0.1, -0.05) is 17.3 Å². The highest BCUT2D eigenvalue weighted by Crippen LogP contribution is 2.42. The van der Waals surface area contributed by atoms with Crippen molar-refractivity contribution >= 4 is 21.7 Å². The summed E-state index contributed by atoms with van der Waals surface area (Å²) in [5, 5.41) is 6.34. The van der Waals surface area contributed by atoms with E-state index >= 15 is 0 Å². The zero-order chi connectivity index (χ0) is 15.3. The number of hydrogen-bond donors (Lipinski definition) is 1. The average Bonchev–Trinajstić information content (AvgIpc) is 3.23. The highest BCUT2D eigenvalue weighted by molar-refractivity contribution is 7.90. The van der Waals surface area contributed by atoms with Gasteiger partial charge in [0.1, 0.15) is 10.7 Å². The largest absolute Gasteiger partial charge is 0.361 e. The van der Waals surface area contributed by atoms with E-state index in [0.29, 0.717) is 22.9 Å². The predicted octanol–water partition coefficient (Wildman–Crippen LogP) is 2.29. The molecule has 2 aliphatic rings. The van der Waals surface area contributed by atoms with Crippen LogP contribution in [0.15, 0.2) is 39.9 Å². The number of sulfonamides is 1. The number of fused-ring (bicyclic) bond motifs is 1. The highest BCUT2D eigenvalue weighted by atomic mass is 32.2. The fourth-order valence-electron chi connectivity index (χ4n) is 2.58. The summed E-state index contributed by atoms with van der Waals surface area (Å²) < 4.78 is 31.3. The van der Waals surface area contributed by atoms with Crippen LogP contribution in [0.4, 0.5) is 10.5 Å². The Morgan fingerprint density at radius 3 is 2.86 bits per heavy atom. The number of hydrogen-bond acceptors (Lipinski definition) is 5. The van der Waals surface area contributed by atoms with Crippen molar-refractivity contribution in [2.45, 2.75) is 30.2 Å². The van der Waals surface area contributed by atoms with Crippen LogP contribution in [0.3, 0.4) is 0 Å². The monoisotopic (exact) mass is 319 g/mol. The van der Waals surface area contributed by atoms with Crippen LogP contribution in [-0.4, -0.2) is 23.9 Å². The summed E-state index contributed by atoms with van der Waals surface area (Å²) in [5.41, 5.74) is 0.942. The van der Waals surface area contributed by atoms with Crippen molar-refractivity contribution in [1.82, 2.24) is 9.46 Å². The number of carbonyl (C=O) groups is 1. The summed E-state index contributed by atoms with van der Waals surface area (Å²) >= 11 is 0. The second-order valence-electron chi connectivity index (χ2n) is 5.43. The van der Waals surface area contributed by atoms with Crippen molar-refractivity contribution in [2.75, 3.05) is 5.32 Å². The molecule has 0 unspecified atom stereocenters. The first-order chi connectivity index (χ1) is 10.6. The number of amides is 2. The van der Waals surface area contributed by atoms with Crippen LogP contribution in [0, 0.1) is 0 Å². The molecule has 114 valence electrons. The normalized spacial score (nSPS) is 19.6. The summed E-state index contributed by atoms with van der Waals surface area (Å²) in [6, 6.07) is 5.68. The fraction of sp³-hybridized carbons (Fsp3) is 0.286. The number of benzene rings is 1. The van der Waals surface area contributed by atoms with E-state index in [9.17, 15) is 13.2 Å². The molecule has 2 aromatic rings. The molecular weight excluding hydrogens is 306 g/mol. The molecule has 1 saturated carbocycles. The second-order valence-corrected chi connectivity index (χ2v) is 7.26. The number of para-hydroxylation sites is 1. The number of aromatic nitrogens is 1. The quantitative estimate of drug-likeness (QED) is 0.937. The van der Waals surface area contributed by atoms with Crippen molar-refractivity contribution < 1.29 is 17.7 Å². The average molecular weight is 319 g/mol. The molecule has 8 heteroatoms. The van der Waals surface area contributed by atoms with Crippen LogP contribution in [0.2, 0.25) is 0 Å². The lowest BCUT2D eigenvalue weighted by molar-refractivity contribution is 0.233. The lowest BCUT2D eigenvalue weighted by atomic mass is 10.2. The zero-order valence-corrected chi connectivity index (χ0v) is 12.3. The van der Waals surface area contributed by atoms with Gasteiger partial charge < -0.3 is 9.84 Å². The molecule has 0 bridgehead atoms. The topological polar surface area (TPSA) is 92.5 Å². The maximum Gasteiger partial charge on any atom is 0.336 e. The van der Waals surface area contributed by atoms with Gasteiger partial charge in [0.15, 0.2) is 0 Å². The Morgan fingerprint density at radius 1 is 1.32 bits per heavy atom. The number of nitrogens with zero attached hydrogens (tertiary/aromatic N) is 2. The van der Waals surface area contributed by atoms with E-state index in [1.54, 1.807) is 18.2 Å². The minimum absolute atomic E-state index is 0.0716. The summed E-state index contributed by atoms with van der Waals surface area (Å²) in [4.78, 5) is 12.3. The smallest absolute Gasteiger partial charge is 0.336 e. The van der Waals surface area contributed by atoms with Crippen molar-refractivity contribution in [1.29, 1.82) is 0 Å². The van der Waals surface area contributed by atoms with E-state index < -0.39 is 16.1 Å². The molecule has 1 N–H and O–H groups in total. The first-order valence-electron chi connectivity index (χ1n) is 6.93. The molecule has 7 nitrogen and oxygen atoms in total. The Bertz CT molecular complexity index is 854. The third-order valence-corrected chi connectivity index (χ3v) is 5.65. The molecule has 1 aromatic carbocycles. The fourth-order valence-corrected chi connectivity index (χ4v) is 4.04. The van der Waals surface area contributed by atoms with Gasteiger partial charge in [0.25, 0.3) is 10.0 Å². The van der Waals surface area contributed by atoms with Gasteiger partial charge in [0.05, 0.1) is 18.4 Å². The van der Waals surface area contributed by atoms with Gasteiger partial charge in [0.2, 0.25) is 0 Å². The Kier molecular flexibility index (Phi) is 2.77. The van der Waals surface area contributed by atoms with Crippen LogP contribution in [0.5, 0.6) is 0 Å². The van der Waals surface area contributed by atoms with E-state index in [1.165, 1.54) is 12.3 Å². The zero-order valence-electron chi connectivity index (χ0n) is 11.5. The minimum atomic E-state index is -3.88. The molecule has 4 rings (SSSR count). The van der Waals surface area contributed by atoms with E-state index in [1.807, 2.05) is 0 Å². The van der Waals surface area contributed by atoms with Gasteiger partial charge in [-0.25, -0.2) is 17.5 Å². The molecular formula is C14H13N3O4S. The van der Waals surface area contributed by atoms with Gasteiger partial charge in [-0.2, -0.15) is 0 Å². The van der Waals surface area contributed by atoms with E-state index in [0.717, 1.165) is 17.1 Å². The Hall–Kier alpha value is -2.35. The molecule has 1 aliphatic heterocycles. The van der Waals surface area contributed by atoms with Gasteiger partial charge in [-0.05, 0) is 25.0 Å². The number of anilines is 1. The lowest BCUT2D eigenvalue weighted by Gasteiger charge is -2.28. The molecule has 0 spiro atoms. The van der Waals surface area contributed by atoms with Crippen molar-refractivity contribution in [2.24, 2.45) is 0 Å². The third-order valence-electron chi connectivity index (χ3n) is 3.86. The number of carbonyl (C=O) groups excluding carboxylic acids is 1. The molecule has 1 aliphatic carbocycles. The number of nitrogens with one attached hydrogen (secondary N) is 1. The molecule has 2 amide bonds. The van der Waals surface area contributed by atoms with Crippen molar-refractivity contribution in [3.05, 3.63) is 41.8 Å². The molecule has 2 heterocycles. The maximum atomic E-state index is 12.7. The third kappa shape index (κ3) is 1.98. The molecule has 0 atom stereocenters. The second kappa shape index (κ2) is 4.57. The van der Waals surface area contributed by atoms with Gasteiger partial charge in [-0.15, -0.1) is 0 Å². The summed E-state index contributed by atoms with van der Waals surface area (Å²) in [6.07, 6.45) is 3.49. The standard InChI is InChI=1S/C14H13N3O4S/c18-14-16-11-3-1-2-4-12(11)22(19,20)17(14)8-10-7-15-21-13(10)9-5-6-9/h1-4,7,9H,5-6,8H2,(H,16,18). The predicted molar refractivity (Wildman–Crippen MR) is 76.7 cm³/mol. The van der Waals surface area contributed by atoms with E-state index in [2.05, 4.69) is 10.5 Å². The van der Waals surface area contributed by atoms with Crippen molar-refractivity contribution in [3.63, 3.8) is 0 Å². The lowest BCUT2D eigenvalue weighted by Crippen LogP contribution is -2.43. The number of rotatable bonds is 3. The molecule has 0 radical (unpaired) electrons. The highest BCUT2D eigenvalue weighted by Gasteiger charge is 2.38. The Morgan fingerprint density at radius 2 is 2.09 bits per heavy atom. The van der Waals surface area contributed by atoms with Gasteiger partial charge >= 0.3 is 6.03 Å². The van der Waals surface area contributed by atoms with Crippen LogP contribution >= 0.6 is 0 Å². The first kappa shape index (κ1) is 13.3. The molecule has 0 saturated heterocycles. The van der Waals surface area contributed by atoms with Gasteiger partial charge in [0, 0.05) is 11.5 Å². The maximum absolute atomic E-state index is 12.7. The van der Waals surface area contributed by atoms with Crippen LogP contribution in [0.25, 0.3) is 0 Å². The molecule has 1 fully saturated rings. The van der Waals surface area contributed by atoms with Crippen molar-refractivity contribution in [3.8, 4) is 0 Å². The van der Waals surface area contributed by atoms with Crippen LogP contribution < -0.4 is 5.32 Å². The number of urea groups is 1. The Labute approximate surface area is 126 Å².